The van der Waals surface area contributed by atoms with Gasteiger partial charge < -0.3 is 4.90 Å². The molecule has 1 amide bonds. The van der Waals surface area contributed by atoms with E-state index in [2.05, 4.69) is 24.0 Å². The normalized spacial score (nSPS) is 25.9. The zero-order valence-corrected chi connectivity index (χ0v) is 10.2. The Morgan fingerprint density at radius 1 is 1.53 bits per heavy atom. The Hall–Kier alpha value is -0.680. The fourth-order valence-electron chi connectivity index (χ4n) is 2.00. The van der Waals surface area contributed by atoms with Crippen LogP contribution in [-0.4, -0.2) is 33.6 Å². The molecule has 2 atom stereocenters. The molecule has 0 radical (unpaired) electrons. The first-order valence-corrected chi connectivity index (χ1v) is 6.07. The molecule has 0 aliphatic carbocycles. The minimum atomic E-state index is -0.0451. The van der Waals surface area contributed by atoms with Crippen LogP contribution in [0.15, 0.2) is 0 Å². The van der Waals surface area contributed by atoms with E-state index in [0.717, 1.165) is 24.3 Å². The quantitative estimate of drug-likeness (QED) is 0.761. The number of hydrogen-bond acceptors (Lipinski definition) is 4. The maximum Gasteiger partial charge on any atom is 0.285 e. The fourth-order valence-corrected chi connectivity index (χ4v) is 2.78. The molecule has 0 bridgehead atoms. The second-order valence-electron chi connectivity index (χ2n) is 4.01. The van der Waals surface area contributed by atoms with Crippen molar-refractivity contribution in [1.29, 1.82) is 0 Å². The molecular weight excluding hydrogens is 234 g/mol. The Morgan fingerprint density at radius 3 is 2.73 bits per heavy atom. The van der Waals surface area contributed by atoms with Gasteiger partial charge in [-0.3, -0.25) is 4.79 Å². The summed E-state index contributed by atoms with van der Waals surface area (Å²) >= 11 is 6.79. The third-order valence-electron chi connectivity index (χ3n) is 2.63. The average Bonchev–Trinajstić information content (AvgIpc) is 2.71. The molecule has 6 heteroatoms. The Labute approximate surface area is 97.3 Å². The number of carbonyl (C=O) groups is 1. The zero-order valence-electron chi connectivity index (χ0n) is 8.61. The van der Waals surface area contributed by atoms with Gasteiger partial charge in [0.25, 0.3) is 5.91 Å². The van der Waals surface area contributed by atoms with Crippen molar-refractivity contribution in [2.75, 3.05) is 6.54 Å². The first-order valence-electron chi connectivity index (χ1n) is 4.88. The van der Waals surface area contributed by atoms with Crippen molar-refractivity contribution in [3.05, 3.63) is 9.47 Å². The molecule has 1 aliphatic heterocycles. The van der Waals surface area contributed by atoms with Crippen molar-refractivity contribution in [2.24, 2.45) is 5.92 Å². The summed E-state index contributed by atoms with van der Waals surface area (Å²) < 4.78 is 0.318. The van der Waals surface area contributed by atoms with Crippen molar-refractivity contribution >= 4 is 28.8 Å². The molecule has 4 nitrogen and oxygen atoms in total. The zero-order chi connectivity index (χ0) is 11.0. The fraction of sp³-hybridized carbons (Fsp3) is 0.667. The topological polar surface area (TPSA) is 46.1 Å². The van der Waals surface area contributed by atoms with Crippen molar-refractivity contribution in [2.45, 2.75) is 26.3 Å². The number of nitrogens with zero attached hydrogens (tertiary/aromatic N) is 3. The van der Waals surface area contributed by atoms with Gasteiger partial charge in [-0.15, -0.1) is 10.2 Å². The lowest BCUT2D eigenvalue weighted by Crippen LogP contribution is -2.33. The maximum atomic E-state index is 12.0. The molecule has 0 N–H and O–H groups in total. The lowest BCUT2D eigenvalue weighted by Gasteiger charge is -2.19. The van der Waals surface area contributed by atoms with Crippen molar-refractivity contribution in [3.63, 3.8) is 0 Å². The van der Waals surface area contributed by atoms with Crippen LogP contribution in [0.1, 0.15) is 30.1 Å². The van der Waals surface area contributed by atoms with E-state index in [4.69, 9.17) is 11.6 Å². The van der Waals surface area contributed by atoms with Gasteiger partial charge >= 0.3 is 0 Å². The molecule has 2 unspecified atom stereocenters. The molecule has 0 aromatic carbocycles. The van der Waals surface area contributed by atoms with Crippen molar-refractivity contribution < 1.29 is 4.79 Å². The van der Waals surface area contributed by atoms with Crippen LogP contribution in [0.4, 0.5) is 0 Å². The second kappa shape index (κ2) is 4.06. The molecule has 1 aromatic heterocycles. The van der Waals surface area contributed by atoms with Gasteiger partial charge in [0.2, 0.25) is 9.47 Å². The summed E-state index contributed by atoms with van der Waals surface area (Å²) in [5.74, 6) is 0.517. The van der Waals surface area contributed by atoms with E-state index >= 15 is 0 Å². The van der Waals surface area contributed by atoms with E-state index < -0.39 is 0 Å². The van der Waals surface area contributed by atoms with Gasteiger partial charge in [0.1, 0.15) is 0 Å². The predicted molar refractivity (Wildman–Crippen MR) is 59.2 cm³/mol. The summed E-state index contributed by atoms with van der Waals surface area (Å²) in [7, 11) is 0. The summed E-state index contributed by atoms with van der Waals surface area (Å²) in [6, 6.07) is 0.287. The van der Waals surface area contributed by atoms with Crippen molar-refractivity contribution in [3.8, 4) is 0 Å². The smallest absolute Gasteiger partial charge is 0.285 e. The summed E-state index contributed by atoms with van der Waals surface area (Å²) in [6.45, 7) is 5.01. The largest absolute Gasteiger partial charge is 0.334 e. The minimum absolute atomic E-state index is 0.0451. The van der Waals surface area contributed by atoms with Crippen LogP contribution in [0.3, 0.4) is 0 Å². The van der Waals surface area contributed by atoms with Gasteiger partial charge in [0.05, 0.1) is 0 Å². The third kappa shape index (κ3) is 2.13. The Bertz CT molecular complexity index is 381. The predicted octanol–water partition coefficient (Wildman–Crippen LogP) is 2.06. The molecule has 1 aliphatic rings. The van der Waals surface area contributed by atoms with E-state index in [0.29, 0.717) is 15.4 Å². The molecule has 1 fully saturated rings. The minimum Gasteiger partial charge on any atom is -0.334 e. The van der Waals surface area contributed by atoms with Crippen LogP contribution in [0.2, 0.25) is 4.47 Å². The highest BCUT2D eigenvalue weighted by Gasteiger charge is 2.32. The van der Waals surface area contributed by atoms with Crippen LogP contribution >= 0.6 is 22.9 Å². The van der Waals surface area contributed by atoms with Crippen LogP contribution < -0.4 is 0 Å². The highest BCUT2D eigenvalue weighted by molar-refractivity contribution is 7.17. The van der Waals surface area contributed by atoms with E-state index in [1.54, 1.807) is 0 Å². The van der Waals surface area contributed by atoms with E-state index in [-0.39, 0.29) is 11.9 Å². The Kier molecular flexibility index (Phi) is 2.93. The summed E-state index contributed by atoms with van der Waals surface area (Å²) in [5.41, 5.74) is 0. The summed E-state index contributed by atoms with van der Waals surface area (Å²) in [5, 5.41) is 7.79. The Balaban J connectivity index is 2.15. The van der Waals surface area contributed by atoms with E-state index in [1.165, 1.54) is 0 Å². The lowest BCUT2D eigenvalue weighted by molar-refractivity contribution is 0.0742. The van der Waals surface area contributed by atoms with Crippen LogP contribution in [0, 0.1) is 5.92 Å². The van der Waals surface area contributed by atoms with Crippen LogP contribution in [0.25, 0.3) is 0 Å². The number of amides is 1. The molecular formula is C9H12ClN3OS. The number of likely N-dealkylation sites (tertiary alicyclic amines) is 1. The van der Waals surface area contributed by atoms with Gasteiger partial charge in [-0.05, 0) is 30.9 Å². The molecule has 82 valence electrons. The van der Waals surface area contributed by atoms with Crippen LogP contribution in [-0.2, 0) is 0 Å². The third-order valence-corrected chi connectivity index (χ3v) is 3.63. The number of hydrogen-bond donors (Lipinski definition) is 0. The van der Waals surface area contributed by atoms with Gasteiger partial charge in [0, 0.05) is 12.6 Å². The first-order chi connectivity index (χ1) is 7.08. The summed E-state index contributed by atoms with van der Waals surface area (Å²) in [4.78, 5) is 13.8. The van der Waals surface area contributed by atoms with Gasteiger partial charge in [0.15, 0.2) is 0 Å². The van der Waals surface area contributed by atoms with Gasteiger partial charge in [-0.1, -0.05) is 18.3 Å². The maximum absolute atomic E-state index is 12.0. The monoisotopic (exact) mass is 245 g/mol. The molecule has 1 saturated heterocycles. The number of rotatable bonds is 1. The number of halogens is 1. The second-order valence-corrected chi connectivity index (χ2v) is 5.57. The molecule has 1 aromatic rings. The molecule has 0 spiro atoms. The summed E-state index contributed by atoms with van der Waals surface area (Å²) in [6.07, 6.45) is 1.05. The van der Waals surface area contributed by atoms with Gasteiger partial charge in [-0.25, -0.2) is 0 Å². The van der Waals surface area contributed by atoms with E-state index in [9.17, 15) is 4.79 Å². The average molecular weight is 246 g/mol. The molecule has 15 heavy (non-hydrogen) atoms. The lowest BCUT2D eigenvalue weighted by atomic mass is 10.1. The standard InChI is InChI=1S/C9H12ClN3OS/c1-5-3-6(2)13(4-5)8(14)7-11-12-9(10)15-7/h5-6H,3-4H2,1-2H3. The highest BCUT2D eigenvalue weighted by Crippen LogP contribution is 2.25. The van der Waals surface area contributed by atoms with Crippen LogP contribution in [0.5, 0.6) is 0 Å². The van der Waals surface area contributed by atoms with Gasteiger partial charge in [-0.2, -0.15) is 0 Å². The SMILES string of the molecule is CC1CC(C)N(C(=O)c2nnc(Cl)s2)C1. The van der Waals surface area contributed by atoms with Crippen molar-refractivity contribution in [1.82, 2.24) is 15.1 Å². The Morgan fingerprint density at radius 2 is 2.27 bits per heavy atom. The van der Waals surface area contributed by atoms with E-state index in [1.807, 2.05) is 4.90 Å². The highest BCUT2D eigenvalue weighted by atomic mass is 35.5. The molecule has 2 heterocycles. The number of aromatic nitrogens is 2. The first kappa shape index (κ1) is 10.8. The molecule has 2 rings (SSSR count). The number of carbonyl (C=O) groups excluding carboxylic acids is 1. The molecule has 0 saturated carbocycles.